The zero-order valence-electron chi connectivity index (χ0n) is 26.9. The molecule has 1 aromatic heterocycles. The van der Waals surface area contributed by atoms with Crippen LogP contribution in [0.25, 0.3) is 5.69 Å². The molecular formula is C38H45N5O2. The average Bonchev–Trinajstić information content (AvgIpc) is 3.63. The number of rotatable bonds is 8. The van der Waals surface area contributed by atoms with Crippen molar-refractivity contribution < 1.29 is 9.59 Å². The van der Waals surface area contributed by atoms with Gasteiger partial charge in [-0.15, -0.1) is 0 Å². The molecule has 1 atom stereocenters. The first-order valence-corrected chi connectivity index (χ1v) is 16.3. The minimum atomic E-state index is -0.344. The van der Waals surface area contributed by atoms with E-state index in [2.05, 4.69) is 61.0 Å². The molecule has 7 heteroatoms. The number of amides is 2. The maximum atomic E-state index is 13.9. The summed E-state index contributed by atoms with van der Waals surface area (Å²) in [6.07, 6.45) is 4.57. The molecule has 1 fully saturated rings. The Bertz CT molecular complexity index is 1620. The highest BCUT2D eigenvalue weighted by Crippen LogP contribution is 2.37. The number of piperidine rings is 1. The Morgan fingerprint density at radius 2 is 1.56 bits per heavy atom. The number of aromatic nitrogens is 2. The maximum Gasteiger partial charge on any atom is 0.324 e. The third-order valence-corrected chi connectivity index (χ3v) is 9.35. The lowest BCUT2D eigenvalue weighted by Gasteiger charge is -2.31. The van der Waals surface area contributed by atoms with Gasteiger partial charge in [0.15, 0.2) is 0 Å². The van der Waals surface area contributed by atoms with E-state index in [0.717, 1.165) is 61.3 Å². The van der Waals surface area contributed by atoms with Gasteiger partial charge in [-0.3, -0.25) is 10.1 Å². The lowest BCUT2D eigenvalue weighted by Crippen LogP contribution is -2.34. The van der Waals surface area contributed by atoms with E-state index >= 15 is 0 Å². The topological polar surface area (TPSA) is 88.1 Å². The van der Waals surface area contributed by atoms with E-state index in [1.807, 2.05) is 61.5 Å². The van der Waals surface area contributed by atoms with Crippen LogP contribution in [0.2, 0.25) is 0 Å². The molecule has 2 aliphatic rings. The van der Waals surface area contributed by atoms with E-state index in [0.29, 0.717) is 35.5 Å². The van der Waals surface area contributed by atoms with Crippen LogP contribution >= 0.6 is 0 Å². The quantitative estimate of drug-likeness (QED) is 0.194. The standard InChI is InChI=1S/C38H45N5O2/c1-25-9-15-32(16-10-25)43-35(24-34(42-43)38(2,3)4)41-37(45)40-31-13-11-27(12-14-31)36(28-17-19-39-20-18-28)33(44)23-26-21-29-7-5-6-8-30(29)22-26/h5-16,24,26,28,36,39H,17-23H2,1-4H3,(H2,40,41,45). The molecule has 1 aliphatic heterocycles. The fourth-order valence-electron chi connectivity index (χ4n) is 6.88. The number of Topliss-reactive ketones (excluding diaryl/α,β-unsaturated/α-hetero) is 1. The molecule has 0 spiro atoms. The van der Waals surface area contributed by atoms with E-state index in [-0.39, 0.29) is 17.4 Å². The molecular weight excluding hydrogens is 558 g/mol. The number of nitrogens with one attached hydrogen (secondary N) is 3. The van der Waals surface area contributed by atoms with Crippen molar-refractivity contribution in [1.29, 1.82) is 0 Å². The second-order valence-electron chi connectivity index (χ2n) is 13.9. The van der Waals surface area contributed by atoms with Crippen molar-refractivity contribution in [3.8, 4) is 5.69 Å². The first kappa shape index (κ1) is 30.8. The van der Waals surface area contributed by atoms with Crippen LogP contribution < -0.4 is 16.0 Å². The summed E-state index contributed by atoms with van der Waals surface area (Å²) in [6.45, 7) is 10.3. The highest BCUT2D eigenvalue weighted by Gasteiger charge is 2.33. The van der Waals surface area contributed by atoms with E-state index < -0.39 is 0 Å². The van der Waals surface area contributed by atoms with Crippen molar-refractivity contribution in [2.75, 3.05) is 23.7 Å². The molecule has 45 heavy (non-hydrogen) atoms. The molecule has 0 saturated carbocycles. The van der Waals surface area contributed by atoms with Gasteiger partial charge in [-0.1, -0.05) is 74.9 Å². The summed E-state index contributed by atoms with van der Waals surface area (Å²) >= 11 is 0. The van der Waals surface area contributed by atoms with Crippen molar-refractivity contribution >= 4 is 23.3 Å². The summed E-state index contributed by atoms with van der Waals surface area (Å²) < 4.78 is 1.78. The Hall–Kier alpha value is -4.23. The van der Waals surface area contributed by atoms with E-state index in [9.17, 15) is 9.59 Å². The number of benzene rings is 3. The highest BCUT2D eigenvalue weighted by molar-refractivity contribution is 5.99. The molecule has 2 heterocycles. The minimum absolute atomic E-state index is 0.127. The van der Waals surface area contributed by atoms with Crippen LogP contribution in [0, 0.1) is 18.8 Å². The number of aryl methyl sites for hydroxylation is 1. The number of fused-ring (bicyclic) bond motifs is 1. The molecule has 1 unspecified atom stereocenters. The zero-order chi connectivity index (χ0) is 31.6. The first-order valence-electron chi connectivity index (χ1n) is 16.3. The van der Waals surface area contributed by atoms with Crippen LogP contribution in [0.5, 0.6) is 0 Å². The van der Waals surface area contributed by atoms with Crippen LogP contribution in [0.3, 0.4) is 0 Å². The van der Waals surface area contributed by atoms with Crippen LogP contribution in [0.4, 0.5) is 16.3 Å². The molecule has 1 saturated heterocycles. The molecule has 3 aromatic carbocycles. The predicted molar refractivity (Wildman–Crippen MR) is 181 cm³/mol. The van der Waals surface area contributed by atoms with Gasteiger partial charge < -0.3 is 10.6 Å². The van der Waals surface area contributed by atoms with Gasteiger partial charge in [0.1, 0.15) is 11.6 Å². The maximum absolute atomic E-state index is 13.9. The second-order valence-corrected chi connectivity index (χ2v) is 13.9. The van der Waals surface area contributed by atoms with E-state index in [4.69, 9.17) is 5.10 Å². The fourth-order valence-corrected chi connectivity index (χ4v) is 6.88. The SMILES string of the molecule is Cc1ccc(-n2nc(C(C)(C)C)cc2NC(=O)Nc2ccc(C(C(=O)CC3Cc4ccccc4C3)C3CCNCC3)cc2)cc1. The van der Waals surface area contributed by atoms with Gasteiger partial charge in [0, 0.05) is 29.5 Å². The lowest BCUT2D eigenvalue weighted by molar-refractivity contribution is -0.122. The molecule has 234 valence electrons. The normalized spacial score (nSPS) is 16.3. The van der Waals surface area contributed by atoms with E-state index in [1.165, 1.54) is 11.1 Å². The van der Waals surface area contributed by atoms with Crippen molar-refractivity contribution in [2.45, 2.75) is 71.1 Å². The van der Waals surface area contributed by atoms with Gasteiger partial charge in [0.25, 0.3) is 0 Å². The molecule has 4 aromatic rings. The Kier molecular flexibility index (Phi) is 8.90. The smallest absolute Gasteiger partial charge is 0.317 e. The zero-order valence-corrected chi connectivity index (χ0v) is 26.9. The summed E-state index contributed by atoms with van der Waals surface area (Å²) in [4.78, 5) is 27.2. The Balaban J connectivity index is 1.16. The largest absolute Gasteiger partial charge is 0.324 e. The molecule has 7 nitrogen and oxygen atoms in total. The van der Waals surface area contributed by atoms with Crippen molar-refractivity contribution in [3.63, 3.8) is 0 Å². The van der Waals surface area contributed by atoms with Gasteiger partial charge in [-0.05, 0) is 98.5 Å². The molecule has 6 rings (SSSR count). The predicted octanol–water partition coefficient (Wildman–Crippen LogP) is 7.58. The van der Waals surface area contributed by atoms with Gasteiger partial charge in [-0.25, -0.2) is 9.48 Å². The number of hydrogen-bond donors (Lipinski definition) is 3. The number of anilines is 2. The van der Waals surface area contributed by atoms with Gasteiger partial charge in [-0.2, -0.15) is 5.10 Å². The summed E-state index contributed by atoms with van der Waals surface area (Å²) in [5.41, 5.74) is 7.24. The van der Waals surface area contributed by atoms with E-state index in [1.54, 1.807) is 4.68 Å². The summed E-state index contributed by atoms with van der Waals surface area (Å²) in [5.74, 6) is 1.51. The van der Waals surface area contributed by atoms with Crippen LogP contribution in [0.1, 0.15) is 73.9 Å². The van der Waals surface area contributed by atoms with Crippen molar-refractivity contribution in [2.24, 2.45) is 11.8 Å². The number of urea groups is 1. The van der Waals surface area contributed by atoms with Crippen LogP contribution in [0.15, 0.2) is 78.9 Å². The number of carbonyl (C=O) groups excluding carboxylic acids is 2. The van der Waals surface area contributed by atoms with Crippen LogP contribution in [-0.4, -0.2) is 34.7 Å². The molecule has 3 N–H and O–H groups in total. The molecule has 1 aliphatic carbocycles. The van der Waals surface area contributed by atoms with Gasteiger partial charge >= 0.3 is 6.03 Å². The Labute approximate surface area is 266 Å². The van der Waals surface area contributed by atoms with Crippen molar-refractivity contribution in [1.82, 2.24) is 15.1 Å². The molecule has 2 amide bonds. The third-order valence-electron chi connectivity index (χ3n) is 9.35. The monoisotopic (exact) mass is 603 g/mol. The Morgan fingerprint density at radius 1 is 0.911 bits per heavy atom. The summed E-state index contributed by atoms with van der Waals surface area (Å²) in [7, 11) is 0. The Morgan fingerprint density at radius 3 is 2.18 bits per heavy atom. The third kappa shape index (κ3) is 7.20. The highest BCUT2D eigenvalue weighted by atomic mass is 16.2. The average molecular weight is 604 g/mol. The van der Waals surface area contributed by atoms with Crippen LogP contribution in [-0.2, 0) is 23.1 Å². The van der Waals surface area contributed by atoms with Crippen molar-refractivity contribution in [3.05, 3.63) is 107 Å². The van der Waals surface area contributed by atoms with Gasteiger partial charge in [0.05, 0.1) is 11.4 Å². The lowest BCUT2D eigenvalue weighted by atomic mass is 9.76. The van der Waals surface area contributed by atoms with Gasteiger partial charge in [0.2, 0.25) is 0 Å². The number of carbonyl (C=O) groups is 2. The number of hydrogen-bond acceptors (Lipinski definition) is 4. The fraction of sp³-hybridized carbons (Fsp3) is 0.395. The number of ketones is 1. The molecule has 0 bridgehead atoms. The summed E-state index contributed by atoms with van der Waals surface area (Å²) in [5, 5.41) is 14.3. The minimum Gasteiger partial charge on any atom is -0.317 e. The second kappa shape index (κ2) is 13.0. The summed E-state index contributed by atoms with van der Waals surface area (Å²) in [6, 6.07) is 26.1. The first-order chi connectivity index (χ1) is 21.6. The molecule has 0 radical (unpaired) electrons. The number of nitrogens with zero attached hydrogens (tertiary/aromatic N) is 2.